The van der Waals surface area contributed by atoms with Crippen molar-refractivity contribution in [1.29, 1.82) is 0 Å². The van der Waals surface area contributed by atoms with Crippen LogP contribution in [0, 0.1) is 0 Å². The minimum Gasteiger partial charge on any atom is -0.478 e. The molecule has 0 aliphatic heterocycles. The molecule has 0 rings (SSSR count). The molecule has 0 aliphatic rings. The van der Waals surface area contributed by atoms with Crippen molar-refractivity contribution in [2.75, 3.05) is 6.61 Å². The van der Waals surface area contributed by atoms with E-state index in [1.807, 2.05) is 20.8 Å². The number of carbonyl (C=O) groups excluding carboxylic acids is 1. The maximum Gasteiger partial charge on any atom is 0.333 e. The first kappa shape index (κ1) is 16.9. The predicted octanol–water partition coefficient (Wildman–Crippen LogP) is 3.00. The first-order valence-corrected chi connectivity index (χ1v) is 9.14. The zero-order valence-corrected chi connectivity index (χ0v) is 13.0. The van der Waals surface area contributed by atoms with Gasteiger partial charge >= 0.3 is 11.9 Å². The third-order valence-corrected chi connectivity index (χ3v) is 9.44. The average molecular weight is 272 g/mol. The molecule has 0 spiro atoms. The standard InChI is InChI=1S/C13H24O4Si/c1-6-17-13(16)10(5)11(12(14)15)18(7-2,8-3)9-4/h6-9H2,1-5H3,(H,14,15)/b11-10+. The molecule has 0 amide bonds. The molecule has 0 aromatic heterocycles. The van der Waals surface area contributed by atoms with Crippen molar-refractivity contribution in [2.24, 2.45) is 0 Å². The van der Waals surface area contributed by atoms with E-state index in [2.05, 4.69) is 0 Å². The maximum absolute atomic E-state index is 11.8. The highest BCUT2D eigenvalue weighted by Gasteiger charge is 2.38. The van der Waals surface area contributed by atoms with E-state index in [-0.39, 0.29) is 12.2 Å². The average Bonchev–Trinajstić information content (AvgIpc) is 2.35. The van der Waals surface area contributed by atoms with Gasteiger partial charge in [0, 0.05) is 10.8 Å². The predicted molar refractivity (Wildman–Crippen MR) is 74.2 cm³/mol. The van der Waals surface area contributed by atoms with Crippen LogP contribution in [0.2, 0.25) is 18.1 Å². The molecule has 0 aromatic rings. The van der Waals surface area contributed by atoms with Crippen LogP contribution in [0.4, 0.5) is 0 Å². The van der Waals surface area contributed by atoms with Gasteiger partial charge in [-0.3, -0.25) is 0 Å². The lowest BCUT2D eigenvalue weighted by Crippen LogP contribution is -2.40. The van der Waals surface area contributed by atoms with Gasteiger partial charge in [-0.1, -0.05) is 38.9 Å². The van der Waals surface area contributed by atoms with Crippen molar-refractivity contribution in [1.82, 2.24) is 0 Å². The van der Waals surface area contributed by atoms with Crippen LogP contribution < -0.4 is 0 Å². The van der Waals surface area contributed by atoms with Gasteiger partial charge in [0.15, 0.2) is 0 Å². The molecule has 0 radical (unpaired) electrons. The lowest BCUT2D eigenvalue weighted by atomic mass is 10.3. The SMILES string of the molecule is CCOC(=O)/C(C)=C(\C(=O)O)[Si](CC)(CC)CC. The summed E-state index contributed by atoms with van der Waals surface area (Å²) in [6.45, 7) is 9.60. The van der Waals surface area contributed by atoms with Crippen LogP contribution in [0.5, 0.6) is 0 Å². The van der Waals surface area contributed by atoms with E-state index in [1.54, 1.807) is 13.8 Å². The van der Waals surface area contributed by atoms with Gasteiger partial charge in [0.05, 0.1) is 14.7 Å². The molecule has 0 fully saturated rings. The number of carboxylic acids is 1. The van der Waals surface area contributed by atoms with Crippen LogP contribution >= 0.6 is 0 Å². The third kappa shape index (κ3) is 3.45. The van der Waals surface area contributed by atoms with E-state index in [1.165, 1.54) is 0 Å². The molecule has 0 bridgehead atoms. The number of aliphatic carboxylic acids is 1. The van der Waals surface area contributed by atoms with Gasteiger partial charge in [0.1, 0.15) is 0 Å². The zero-order valence-electron chi connectivity index (χ0n) is 12.0. The van der Waals surface area contributed by atoms with E-state index < -0.39 is 20.0 Å². The number of carbonyl (C=O) groups is 2. The van der Waals surface area contributed by atoms with E-state index in [0.717, 1.165) is 18.1 Å². The van der Waals surface area contributed by atoms with Crippen LogP contribution in [-0.2, 0) is 14.3 Å². The lowest BCUT2D eigenvalue weighted by Gasteiger charge is -2.29. The molecule has 1 N–H and O–H groups in total. The van der Waals surface area contributed by atoms with Gasteiger partial charge in [-0.05, 0) is 13.8 Å². The van der Waals surface area contributed by atoms with Crippen LogP contribution in [-0.4, -0.2) is 31.7 Å². The Morgan fingerprint density at radius 2 is 1.50 bits per heavy atom. The molecule has 4 nitrogen and oxygen atoms in total. The minimum atomic E-state index is -2.09. The molecule has 0 saturated heterocycles. The largest absolute Gasteiger partial charge is 0.478 e. The smallest absolute Gasteiger partial charge is 0.333 e. The van der Waals surface area contributed by atoms with Crippen molar-refractivity contribution in [3.05, 3.63) is 10.8 Å². The Balaban J connectivity index is 5.75. The quantitative estimate of drug-likeness (QED) is 0.439. The Hall–Kier alpha value is -1.10. The van der Waals surface area contributed by atoms with Crippen molar-refractivity contribution in [2.45, 2.75) is 52.8 Å². The van der Waals surface area contributed by atoms with Crippen molar-refractivity contribution in [3.63, 3.8) is 0 Å². The fraction of sp³-hybridized carbons (Fsp3) is 0.692. The summed E-state index contributed by atoms with van der Waals surface area (Å²) >= 11 is 0. The second-order valence-corrected chi connectivity index (χ2v) is 9.55. The number of esters is 1. The highest BCUT2D eigenvalue weighted by Crippen LogP contribution is 2.31. The van der Waals surface area contributed by atoms with Crippen LogP contribution in [0.15, 0.2) is 10.8 Å². The molecule has 0 heterocycles. The molecule has 0 atom stereocenters. The molecule has 104 valence electrons. The molecule has 0 aliphatic carbocycles. The van der Waals surface area contributed by atoms with Crippen molar-refractivity contribution >= 4 is 20.0 Å². The topological polar surface area (TPSA) is 63.6 Å². The summed E-state index contributed by atoms with van der Waals surface area (Å²) in [6.07, 6.45) is 0. The van der Waals surface area contributed by atoms with E-state index in [4.69, 9.17) is 4.74 Å². The summed E-state index contributed by atoms with van der Waals surface area (Å²) in [5.74, 6) is -1.46. The number of ether oxygens (including phenoxy) is 1. The Labute approximate surface area is 110 Å². The van der Waals surface area contributed by atoms with E-state index in [9.17, 15) is 14.7 Å². The Morgan fingerprint density at radius 1 is 1.06 bits per heavy atom. The van der Waals surface area contributed by atoms with Crippen LogP contribution in [0.25, 0.3) is 0 Å². The van der Waals surface area contributed by atoms with E-state index in [0.29, 0.717) is 5.20 Å². The second kappa shape index (κ2) is 7.36. The van der Waals surface area contributed by atoms with Gasteiger partial charge < -0.3 is 9.84 Å². The lowest BCUT2D eigenvalue weighted by molar-refractivity contribution is -0.139. The van der Waals surface area contributed by atoms with Crippen molar-refractivity contribution in [3.8, 4) is 0 Å². The maximum atomic E-state index is 11.8. The number of hydrogen-bond acceptors (Lipinski definition) is 3. The third-order valence-electron chi connectivity index (χ3n) is 3.73. The molecular weight excluding hydrogens is 248 g/mol. The van der Waals surface area contributed by atoms with Gasteiger partial charge in [-0.15, -0.1) is 0 Å². The Kier molecular flexibility index (Phi) is 6.91. The van der Waals surface area contributed by atoms with Gasteiger partial charge in [-0.2, -0.15) is 0 Å². The summed E-state index contributed by atoms with van der Waals surface area (Å²) < 4.78 is 4.93. The molecule has 0 saturated carbocycles. The normalized spacial score (nSPS) is 12.9. The molecule has 0 unspecified atom stereocenters. The molecule has 18 heavy (non-hydrogen) atoms. The molecule has 5 heteroatoms. The number of rotatable bonds is 7. The number of carboxylic acid groups (broad SMARTS) is 1. The highest BCUT2D eigenvalue weighted by molar-refractivity contribution is 6.90. The number of hydrogen-bond donors (Lipinski definition) is 1. The summed E-state index contributed by atoms with van der Waals surface area (Å²) in [5, 5.41) is 9.80. The van der Waals surface area contributed by atoms with Gasteiger partial charge in [0.2, 0.25) is 0 Å². The van der Waals surface area contributed by atoms with E-state index >= 15 is 0 Å². The zero-order chi connectivity index (χ0) is 14.3. The summed E-state index contributed by atoms with van der Waals surface area (Å²) in [4.78, 5) is 23.3. The molecular formula is C13H24O4Si. The summed E-state index contributed by atoms with van der Waals surface area (Å²) in [7, 11) is -2.09. The highest BCUT2D eigenvalue weighted by atomic mass is 28.3. The second-order valence-electron chi connectivity index (χ2n) is 4.37. The van der Waals surface area contributed by atoms with Crippen LogP contribution in [0.3, 0.4) is 0 Å². The Morgan fingerprint density at radius 3 is 1.78 bits per heavy atom. The van der Waals surface area contributed by atoms with Gasteiger partial charge in [0.25, 0.3) is 0 Å². The fourth-order valence-corrected chi connectivity index (χ4v) is 6.32. The Bertz CT molecular complexity index is 335. The summed E-state index contributed by atoms with van der Waals surface area (Å²) in [6, 6.07) is 2.50. The summed E-state index contributed by atoms with van der Waals surface area (Å²) in [5.41, 5.74) is 0.279. The molecule has 0 aromatic carbocycles. The van der Waals surface area contributed by atoms with Crippen molar-refractivity contribution < 1.29 is 19.4 Å². The van der Waals surface area contributed by atoms with Crippen LogP contribution in [0.1, 0.15) is 34.6 Å². The monoisotopic (exact) mass is 272 g/mol. The van der Waals surface area contributed by atoms with Gasteiger partial charge in [-0.25, -0.2) is 9.59 Å². The minimum absolute atomic E-state index is 0.266. The first-order valence-electron chi connectivity index (χ1n) is 6.51. The first-order chi connectivity index (χ1) is 8.40. The fourth-order valence-electron chi connectivity index (χ4n) is 2.41.